The summed E-state index contributed by atoms with van der Waals surface area (Å²) in [5.41, 5.74) is 8.08. The van der Waals surface area contributed by atoms with E-state index >= 15 is 0 Å². The fraction of sp³-hybridized carbons (Fsp3) is 0.909. The monoisotopic (exact) mass is 302 g/mol. The van der Waals surface area contributed by atoms with Gasteiger partial charge in [0.25, 0.3) is 8.56 Å². The van der Waals surface area contributed by atoms with Crippen LogP contribution in [0.5, 0.6) is 0 Å². The molecular formula is C11H26N6O2Si. The number of rotatable bonds is 8. The van der Waals surface area contributed by atoms with Crippen LogP contribution in [0, 0.1) is 0 Å². The van der Waals surface area contributed by atoms with Gasteiger partial charge in [0.1, 0.15) is 0 Å². The third kappa shape index (κ3) is 5.10. The van der Waals surface area contributed by atoms with Crippen molar-refractivity contribution in [2.75, 3.05) is 48.9 Å². The summed E-state index contributed by atoms with van der Waals surface area (Å²) < 4.78 is 11.7. The van der Waals surface area contributed by atoms with Gasteiger partial charge in [-0.1, -0.05) is 0 Å². The average molecular weight is 302 g/mol. The number of hydrogen-bond donors (Lipinski definition) is 0. The smallest absolute Gasteiger partial charge is 0.396 e. The molecule has 0 aliphatic rings. The van der Waals surface area contributed by atoms with Crippen molar-refractivity contribution in [1.29, 1.82) is 0 Å². The van der Waals surface area contributed by atoms with Crippen molar-refractivity contribution < 1.29 is 9.53 Å². The first-order valence-corrected chi connectivity index (χ1v) is 8.58. The third-order valence-corrected chi connectivity index (χ3v) is 8.73. The molecule has 9 heteroatoms. The molecule has 116 valence electrons. The summed E-state index contributed by atoms with van der Waals surface area (Å²) >= 11 is 0. The van der Waals surface area contributed by atoms with E-state index in [9.17, 15) is 4.79 Å². The normalized spacial score (nSPS) is 11.8. The summed E-state index contributed by atoms with van der Waals surface area (Å²) in [6, 6.07) is 1.04. The lowest BCUT2D eigenvalue weighted by Gasteiger charge is -2.46. The second-order valence-corrected chi connectivity index (χ2v) is 9.95. The van der Waals surface area contributed by atoms with Crippen molar-refractivity contribution >= 4 is 14.7 Å². The van der Waals surface area contributed by atoms with Crippen LogP contribution in [-0.4, -0.2) is 77.2 Å². The molecule has 0 rings (SSSR count). The van der Waals surface area contributed by atoms with E-state index in [1.807, 2.05) is 0 Å². The van der Waals surface area contributed by atoms with E-state index in [0.29, 0.717) is 0 Å². The number of unbranched alkanes of at least 4 members (excludes halogenated alkanes) is 1. The number of amides is 1. The van der Waals surface area contributed by atoms with Crippen molar-refractivity contribution in [3.05, 3.63) is 10.4 Å². The van der Waals surface area contributed by atoms with Crippen molar-refractivity contribution in [1.82, 2.24) is 13.7 Å². The number of azide groups is 1. The number of carbonyl (C=O) groups excluding carboxylic acids is 1. The van der Waals surface area contributed by atoms with Crippen LogP contribution in [0.15, 0.2) is 5.11 Å². The summed E-state index contributed by atoms with van der Waals surface area (Å²) in [7, 11) is 10.8. The van der Waals surface area contributed by atoms with Crippen LogP contribution in [0.2, 0.25) is 6.04 Å². The lowest BCUT2D eigenvalue weighted by atomic mass is 10.4. The Morgan fingerprint density at radius 2 is 1.60 bits per heavy atom. The highest BCUT2D eigenvalue weighted by Crippen LogP contribution is 2.21. The molecule has 0 radical (unpaired) electrons. The Kier molecular flexibility index (Phi) is 8.43. The summed E-state index contributed by atoms with van der Waals surface area (Å²) in [6.07, 6.45) is 0.852. The zero-order valence-corrected chi connectivity index (χ0v) is 14.3. The maximum Gasteiger partial charge on any atom is 0.396 e. The van der Waals surface area contributed by atoms with Gasteiger partial charge in [0.05, 0.1) is 6.61 Å². The molecule has 0 aliphatic heterocycles. The Bertz CT molecular complexity index is 333. The quantitative estimate of drug-likeness (QED) is 0.224. The number of nitrogens with zero attached hydrogens (tertiary/aromatic N) is 6. The highest BCUT2D eigenvalue weighted by Gasteiger charge is 2.41. The summed E-state index contributed by atoms with van der Waals surface area (Å²) in [6.45, 7) is 0.288. The minimum Gasteiger partial charge on any atom is -0.461 e. The molecular weight excluding hydrogens is 276 g/mol. The van der Waals surface area contributed by atoms with E-state index in [1.165, 1.54) is 0 Å². The van der Waals surface area contributed by atoms with E-state index in [0.717, 1.165) is 18.9 Å². The number of carbonyl (C=O) groups is 1. The number of ether oxygens (including phenoxy) is 1. The van der Waals surface area contributed by atoms with Crippen LogP contribution in [0.4, 0.5) is 4.79 Å². The largest absolute Gasteiger partial charge is 0.461 e. The van der Waals surface area contributed by atoms with Crippen molar-refractivity contribution in [2.45, 2.75) is 18.9 Å². The molecule has 0 aromatic rings. The van der Waals surface area contributed by atoms with Crippen molar-refractivity contribution in [3.63, 3.8) is 0 Å². The molecule has 20 heavy (non-hydrogen) atoms. The van der Waals surface area contributed by atoms with Crippen LogP contribution in [0.25, 0.3) is 10.4 Å². The molecule has 0 spiro atoms. The van der Waals surface area contributed by atoms with Gasteiger partial charge in [-0.05, 0) is 66.7 Å². The first-order valence-electron chi connectivity index (χ1n) is 6.53. The minimum absolute atomic E-state index is 0.288. The van der Waals surface area contributed by atoms with E-state index in [2.05, 4.69) is 66.0 Å². The summed E-state index contributed by atoms with van der Waals surface area (Å²) in [5.74, 6) is 0. The molecule has 0 heterocycles. The zero-order valence-electron chi connectivity index (χ0n) is 13.3. The van der Waals surface area contributed by atoms with Crippen LogP contribution < -0.4 is 0 Å². The zero-order chi connectivity index (χ0) is 15.8. The van der Waals surface area contributed by atoms with Gasteiger partial charge < -0.3 is 18.4 Å². The lowest BCUT2D eigenvalue weighted by Crippen LogP contribution is -2.69. The molecule has 0 fully saturated rings. The maximum atomic E-state index is 10.9. The Morgan fingerprint density at radius 1 is 1.10 bits per heavy atom. The van der Waals surface area contributed by atoms with Gasteiger partial charge in [-0.2, -0.15) is 0 Å². The predicted molar refractivity (Wildman–Crippen MR) is 81.4 cm³/mol. The standard InChI is InChI=1S/C11H26N6O2Si/c1-15(2)20(16(3)4,17(5)6)10-8-7-9-19-11(18)13-14-12/h7-10H2,1-6H3. The molecule has 0 unspecified atom stereocenters. The fourth-order valence-corrected chi connectivity index (χ4v) is 7.03. The van der Waals surface area contributed by atoms with Gasteiger partial charge >= 0.3 is 6.09 Å². The van der Waals surface area contributed by atoms with Crippen molar-refractivity contribution in [3.8, 4) is 0 Å². The van der Waals surface area contributed by atoms with Gasteiger partial charge in [-0.15, -0.1) is 0 Å². The topological polar surface area (TPSA) is 84.8 Å². The molecule has 0 N–H and O–H groups in total. The molecule has 0 aromatic heterocycles. The Morgan fingerprint density at radius 3 is 2.00 bits per heavy atom. The SMILES string of the molecule is CN(C)[Si](CCCCOC(=O)N=[N+]=[N-])(N(C)C)N(C)C. The average Bonchev–Trinajstić information content (AvgIpc) is 2.32. The molecule has 1 amide bonds. The van der Waals surface area contributed by atoms with Crippen LogP contribution in [-0.2, 0) is 4.74 Å². The van der Waals surface area contributed by atoms with Crippen LogP contribution in [0.1, 0.15) is 12.8 Å². The molecule has 0 saturated carbocycles. The second-order valence-electron chi connectivity index (χ2n) is 5.22. The molecule has 0 aliphatic carbocycles. The minimum atomic E-state index is -1.84. The highest BCUT2D eigenvalue weighted by atomic mass is 28.4. The van der Waals surface area contributed by atoms with E-state index in [1.54, 1.807) is 0 Å². The number of hydrogen-bond acceptors (Lipinski definition) is 5. The van der Waals surface area contributed by atoms with Crippen molar-refractivity contribution in [2.24, 2.45) is 5.11 Å². The van der Waals surface area contributed by atoms with Gasteiger partial charge in [-0.3, -0.25) is 0 Å². The van der Waals surface area contributed by atoms with Gasteiger partial charge in [0, 0.05) is 10.0 Å². The molecule has 0 bridgehead atoms. The fourth-order valence-electron chi connectivity index (χ4n) is 2.56. The molecule has 0 atom stereocenters. The third-order valence-electron chi connectivity index (χ3n) is 3.41. The lowest BCUT2D eigenvalue weighted by molar-refractivity contribution is 0.155. The van der Waals surface area contributed by atoms with Gasteiger partial charge in [-0.25, -0.2) is 4.79 Å². The van der Waals surface area contributed by atoms with E-state index < -0.39 is 14.7 Å². The molecule has 8 nitrogen and oxygen atoms in total. The van der Waals surface area contributed by atoms with Crippen LogP contribution >= 0.6 is 0 Å². The Labute approximate surface area is 122 Å². The molecule has 0 saturated heterocycles. The first kappa shape index (κ1) is 18.9. The van der Waals surface area contributed by atoms with E-state index in [4.69, 9.17) is 10.3 Å². The summed E-state index contributed by atoms with van der Waals surface area (Å²) in [4.78, 5) is 13.2. The molecule has 0 aromatic carbocycles. The summed E-state index contributed by atoms with van der Waals surface area (Å²) in [5, 5.41) is 2.86. The Balaban J connectivity index is 4.36. The van der Waals surface area contributed by atoms with Gasteiger partial charge in [0.15, 0.2) is 0 Å². The predicted octanol–water partition coefficient (Wildman–Crippen LogP) is 1.84. The second kappa shape index (κ2) is 8.93. The van der Waals surface area contributed by atoms with Gasteiger partial charge in [0.2, 0.25) is 0 Å². The van der Waals surface area contributed by atoms with Crippen LogP contribution in [0.3, 0.4) is 0 Å². The maximum absolute atomic E-state index is 10.9. The highest BCUT2D eigenvalue weighted by molar-refractivity contribution is 6.71. The van der Waals surface area contributed by atoms with E-state index in [-0.39, 0.29) is 6.61 Å². The Hall–Kier alpha value is -1.12. The first-order chi connectivity index (χ1) is 9.28.